The number of phenols is 1. The molecule has 0 aromatic heterocycles. The Morgan fingerprint density at radius 3 is 2.43 bits per heavy atom. The number of aromatic hydroxyl groups is 1. The molecule has 0 amide bonds. The second kappa shape index (κ2) is 5.57. The van der Waals surface area contributed by atoms with Crippen LogP contribution in [0, 0.1) is 24.2 Å². The molecule has 4 unspecified atom stereocenters. The largest absolute Gasteiger partial charge is 0.506 e. The van der Waals surface area contributed by atoms with Crippen LogP contribution in [0.5, 0.6) is 5.75 Å². The van der Waals surface area contributed by atoms with E-state index in [1.54, 1.807) is 0 Å². The van der Waals surface area contributed by atoms with Gasteiger partial charge in [-0.05, 0) is 64.6 Å². The van der Waals surface area contributed by atoms with Gasteiger partial charge in [-0.3, -0.25) is 4.79 Å². The fourth-order valence-corrected chi connectivity index (χ4v) is 5.96. The highest BCUT2D eigenvalue weighted by molar-refractivity contribution is 9.11. The standard InChI is InChI=1S/C18H22Br2O3/c1-7(2)9-5-6-18(4)12(9)10-11(16(22)17(18)23)15(21)14(20)8(3)13(10)19/h7,9,12,17,21,23H,5-6H2,1-4H3. The second-order valence-corrected chi connectivity index (χ2v) is 9.17. The van der Waals surface area contributed by atoms with Crippen LogP contribution in [0.4, 0.5) is 0 Å². The van der Waals surface area contributed by atoms with Crippen molar-refractivity contribution in [2.75, 3.05) is 0 Å². The molecule has 3 rings (SSSR count). The summed E-state index contributed by atoms with van der Waals surface area (Å²) in [4.78, 5) is 12.8. The molecule has 0 bridgehead atoms. The molecule has 2 aliphatic rings. The Morgan fingerprint density at radius 2 is 1.87 bits per heavy atom. The summed E-state index contributed by atoms with van der Waals surface area (Å²) < 4.78 is 1.40. The van der Waals surface area contributed by atoms with Crippen molar-refractivity contribution in [2.45, 2.75) is 52.6 Å². The molecule has 5 heteroatoms. The van der Waals surface area contributed by atoms with E-state index in [9.17, 15) is 15.0 Å². The average molecular weight is 446 g/mol. The lowest BCUT2D eigenvalue weighted by Gasteiger charge is -2.44. The van der Waals surface area contributed by atoms with Crippen LogP contribution in [0.15, 0.2) is 8.95 Å². The molecular weight excluding hydrogens is 424 g/mol. The zero-order valence-electron chi connectivity index (χ0n) is 13.8. The van der Waals surface area contributed by atoms with Crippen molar-refractivity contribution in [3.05, 3.63) is 25.6 Å². The molecule has 126 valence electrons. The zero-order valence-corrected chi connectivity index (χ0v) is 17.0. The molecule has 0 spiro atoms. The van der Waals surface area contributed by atoms with Gasteiger partial charge < -0.3 is 10.2 Å². The molecule has 3 nitrogen and oxygen atoms in total. The Labute approximate surface area is 153 Å². The van der Waals surface area contributed by atoms with Crippen LogP contribution in [0.25, 0.3) is 0 Å². The third-order valence-electron chi connectivity index (χ3n) is 6.05. The average Bonchev–Trinajstić information content (AvgIpc) is 2.85. The van der Waals surface area contributed by atoms with Gasteiger partial charge in [-0.15, -0.1) is 0 Å². The topological polar surface area (TPSA) is 57.5 Å². The van der Waals surface area contributed by atoms with Gasteiger partial charge in [-0.2, -0.15) is 0 Å². The quantitative estimate of drug-likeness (QED) is 0.643. The molecule has 4 atom stereocenters. The first-order chi connectivity index (χ1) is 10.6. The van der Waals surface area contributed by atoms with Crippen molar-refractivity contribution < 1.29 is 15.0 Å². The van der Waals surface area contributed by atoms with Crippen LogP contribution in [-0.2, 0) is 0 Å². The van der Waals surface area contributed by atoms with E-state index in [2.05, 4.69) is 45.7 Å². The van der Waals surface area contributed by atoms with E-state index in [-0.39, 0.29) is 23.0 Å². The number of carbonyl (C=O) groups excluding carboxylic acids is 1. The molecule has 2 N–H and O–H groups in total. The van der Waals surface area contributed by atoms with Crippen molar-refractivity contribution in [3.8, 4) is 5.75 Å². The monoisotopic (exact) mass is 444 g/mol. The normalized spacial score (nSPS) is 33.0. The summed E-state index contributed by atoms with van der Waals surface area (Å²) in [5.74, 6) is 0.506. The number of phenolic OH excluding ortho intramolecular Hbond substituents is 1. The lowest BCUT2D eigenvalue weighted by atomic mass is 9.61. The molecule has 0 heterocycles. The maximum Gasteiger partial charge on any atom is 0.195 e. The van der Waals surface area contributed by atoms with E-state index >= 15 is 0 Å². The molecule has 2 aliphatic carbocycles. The highest BCUT2D eigenvalue weighted by Crippen LogP contribution is 2.63. The predicted molar refractivity (Wildman–Crippen MR) is 97.0 cm³/mol. The summed E-state index contributed by atoms with van der Waals surface area (Å²) >= 11 is 7.03. The molecule has 1 saturated carbocycles. The first-order valence-electron chi connectivity index (χ1n) is 8.05. The summed E-state index contributed by atoms with van der Waals surface area (Å²) in [6.45, 7) is 8.32. The van der Waals surface area contributed by atoms with Gasteiger partial charge in [0.1, 0.15) is 11.9 Å². The summed E-state index contributed by atoms with van der Waals surface area (Å²) in [7, 11) is 0. The minimum atomic E-state index is -1.06. The molecule has 23 heavy (non-hydrogen) atoms. The molecule has 0 radical (unpaired) electrons. The Kier molecular flexibility index (Phi) is 4.22. The Morgan fingerprint density at radius 1 is 1.26 bits per heavy atom. The number of aliphatic hydroxyl groups excluding tert-OH is 1. The molecule has 1 aromatic carbocycles. The van der Waals surface area contributed by atoms with E-state index in [1.165, 1.54) is 0 Å². The van der Waals surface area contributed by atoms with Crippen LogP contribution >= 0.6 is 31.9 Å². The number of carbonyl (C=O) groups is 1. The summed E-state index contributed by atoms with van der Waals surface area (Å²) in [5, 5.41) is 21.3. The zero-order chi connectivity index (χ0) is 17.3. The highest BCUT2D eigenvalue weighted by Gasteiger charge is 2.58. The van der Waals surface area contributed by atoms with Gasteiger partial charge in [-0.25, -0.2) is 0 Å². The smallest absolute Gasteiger partial charge is 0.195 e. The summed E-state index contributed by atoms with van der Waals surface area (Å²) in [6.07, 6.45) is 0.760. The molecule has 0 aliphatic heterocycles. The number of hydrogen-bond donors (Lipinski definition) is 2. The SMILES string of the molecule is Cc1c(Br)c(O)c2c(c1Br)C1C(C(C)C)CCC1(C)C(O)C2=O. The number of rotatable bonds is 1. The maximum absolute atomic E-state index is 12.8. The van der Waals surface area contributed by atoms with Crippen LogP contribution in [-0.4, -0.2) is 22.1 Å². The number of aliphatic hydroxyl groups is 1. The van der Waals surface area contributed by atoms with Gasteiger partial charge in [0.15, 0.2) is 5.78 Å². The van der Waals surface area contributed by atoms with Crippen molar-refractivity contribution in [3.63, 3.8) is 0 Å². The Hall–Kier alpha value is -0.390. The summed E-state index contributed by atoms with van der Waals surface area (Å²) in [6, 6.07) is 0. The molecule has 1 aromatic rings. The lowest BCUT2D eigenvalue weighted by molar-refractivity contribution is 0.0161. The van der Waals surface area contributed by atoms with E-state index in [0.717, 1.165) is 28.4 Å². The van der Waals surface area contributed by atoms with Gasteiger partial charge in [0.25, 0.3) is 0 Å². The van der Waals surface area contributed by atoms with E-state index in [1.807, 2.05) is 13.8 Å². The number of fused-ring (bicyclic) bond motifs is 3. The van der Waals surface area contributed by atoms with Gasteiger partial charge in [0.2, 0.25) is 0 Å². The first-order valence-corrected chi connectivity index (χ1v) is 9.64. The molecule has 0 saturated heterocycles. The predicted octanol–water partition coefficient (Wildman–Crippen LogP) is 4.94. The lowest BCUT2D eigenvalue weighted by Crippen LogP contribution is -2.46. The molecular formula is C18H22Br2O3. The van der Waals surface area contributed by atoms with E-state index < -0.39 is 11.5 Å². The third-order valence-corrected chi connectivity index (χ3v) is 8.04. The molecule has 1 fully saturated rings. The second-order valence-electron chi connectivity index (χ2n) is 7.59. The van der Waals surface area contributed by atoms with Crippen molar-refractivity contribution in [2.24, 2.45) is 17.3 Å². The van der Waals surface area contributed by atoms with Gasteiger partial charge in [0.05, 0.1) is 10.0 Å². The fraction of sp³-hybridized carbons (Fsp3) is 0.611. The van der Waals surface area contributed by atoms with Crippen LogP contribution in [0.1, 0.15) is 61.0 Å². The van der Waals surface area contributed by atoms with Crippen molar-refractivity contribution >= 4 is 37.6 Å². The number of hydrogen-bond acceptors (Lipinski definition) is 3. The van der Waals surface area contributed by atoms with Crippen LogP contribution in [0.3, 0.4) is 0 Å². The Balaban J connectivity index is 2.37. The highest BCUT2D eigenvalue weighted by atomic mass is 79.9. The van der Waals surface area contributed by atoms with E-state index in [0.29, 0.717) is 16.3 Å². The van der Waals surface area contributed by atoms with Gasteiger partial charge >= 0.3 is 0 Å². The van der Waals surface area contributed by atoms with Crippen LogP contribution in [0.2, 0.25) is 0 Å². The van der Waals surface area contributed by atoms with Crippen LogP contribution < -0.4 is 0 Å². The van der Waals surface area contributed by atoms with Crippen molar-refractivity contribution in [1.82, 2.24) is 0 Å². The minimum Gasteiger partial charge on any atom is -0.506 e. The van der Waals surface area contributed by atoms with E-state index in [4.69, 9.17) is 0 Å². The van der Waals surface area contributed by atoms with Crippen molar-refractivity contribution in [1.29, 1.82) is 0 Å². The third kappa shape index (κ3) is 2.19. The number of Topliss-reactive ketones (excluding diaryl/α,β-unsaturated/α-hetero) is 1. The Bertz CT molecular complexity index is 698. The number of ketones is 1. The van der Waals surface area contributed by atoms with Gasteiger partial charge in [0, 0.05) is 9.89 Å². The summed E-state index contributed by atoms with van der Waals surface area (Å²) in [5.41, 5.74) is 1.60. The first kappa shape index (κ1) is 17.4. The number of halogens is 2. The fourth-order valence-electron chi connectivity index (χ4n) is 4.66. The minimum absolute atomic E-state index is 0.0405. The maximum atomic E-state index is 12.8. The number of benzene rings is 1. The van der Waals surface area contributed by atoms with Gasteiger partial charge in [-0.1, -0.05) is 36.7 Å².